The quantitative estimate of drug-likeness (QED) is 0.318. The van der Waals surface area contributed by atoms with Crippen LogP contribution in [0.15, 0.2) is 77.7 Å². The number of carbonyl (C=O) groups excluding carboxylic acids is 2. The fourth-order valence-electron chi connectivity index (χ4n) is 4.23. The van der Waals surface area contributed by atoms with E-state index in [0.29, 0.717) is 23.8 Å². The van der Waals surface area contributed by atoms with Crippen LogP contribution in [0.1, 0.15) is 45.7 Å². The molecular weight excluding hydrogens is 554 g/mol. The molecule has 2 amide bonds. The maximum absolute atomic E-state index is 14.0. The summed E-state index contributed by atoms with van der Waals surface area (Å²) in [4.78, 5) is 28.7. The van der Waals surface area contributed by atoms with Crippen molar-refractivity contribution < 1.29 is 27.5 Å². The van der Waals surface area contributed by atoms with E-state index in [0.717, 1.165) is 15.4 Å². The molecule has 0 aliphatic rings. The lowest BCUT2D eigenvalue weighted by atomic mass is 10.1. The smallest absolute Gasteiger partial charge is 0.264 e. The third-order valence-electron chi connectivity index (χ3n) is 6.50. The predicted molar refractivity (Wildman–Crippen MR) is 164 cm³/mol. The number of aryl methyl sites for hydroxylation is 1. The molecule has 0 bridgehead atoms. The summed E-state index contributed by atoms with van der Waals surface area (Å²) in [5.41, 5.74) is 1.51. The first-order chi connectivity index (χ1) is 19.7. The zero-order valence-corrected chi connectivity index (χ0v) is 26.2. The van der Waals surface area contributed by atoms with Crippen molar-refractivity contribution in [2.45, 2.75) is 64.6 Å². The van der Waals surface area contributed by atoms with E-state index in [9.17, 15) is 18.0 Å². The van der Waals surface area contributed by atoms with Gasteiger partial charge in [-0.15, -0.1) is 0 Å². The van der Waals surface area contributed by atoms with E-state index < -0.39 is 34.1 Å². The summed E-state index contributed by atoms with van der Waals surface area (Å²) in [6.45, 7) is 11.0. The molecule has 0 spiro atoms. The van der Waals surface area contributed by atoms with Gasteiger partial charge in [-0.2, -0.15) is 0 Å². The highest BCUT2D eigenvalue weighted by atomic mass is 32.2. The van der Waals surface area contributed by atoms with Gasteiger partial charge in [0.15, 0.2) is 0 Å². The van der Waals surface area contributed by atoms with E-state index in [1.807, 2.05) is 46.8 Å². The second-order valence-corrected chi connectivity index (χ2v) is 12.9. The Labute approximate surface area is 249 Å². The zero-order valence-electron chi connectivity index (χ0n) is 25.4. The van der Waals surface area contributed by atoms with Crippen molar-refractivity contribution in [1.29, 1.82) is 0 Å². The van der Waals surface area contributed by atoms with Crippen LogP contribution >= 0.6 is 0 Å². The predicted octanol–water partition coefficient (Wildman–Crippen LogP) is 4.93. The number of hydrogen-bond donors (Lipinski definition) is 1. The second-order valence-electron chi connectivity index (χ2n) is 11.0. The fraction of sp³-hybridized carbons (Fsp3) is 0.375. The highest BCUT2D eigenvalue weighted by molar-refractivity contribution is 7.92. The monoisotopic (exact) mass is 595 g/mol. The Morgan fingerprint density at radius 1 is 0.905 bits per heavy atom. The molecule has 226 valence electrons. The van der Waals surface area contributed by atoms with Gasteiger partial charge in [0.25, 0.3) is 10.0 Å². The molecule has 3 aromatic carbocycles. The van der Waals surface area contributed by atoms with Crippen molar-refractivity contribution in [3.05, 3.63) is 83.9 Å². The van der Waals surface area contributed by atoms with E-state index >= 15 is 0 Å². The van der Waals surface area contributed by atoms with Crippen LogP contribution in [0.4, 0.5) is 5.69 Å². The third kappa shape index (κ3) is 8.48. The molecule has 3 rings (SSSR count). The van der Waals surface area contributed by atoms with Gasteiger partial charge in [-0.05, 0) is 95.6 Å². The highest BCUT2D eigenvalue weighted by Gasteiger charge is 2.33. The summed E-state index contributed by atoms with van der Waals surface area (Å²) in [5.74, 6) is 0.319. The largest absolute Gasteiger partial charge is 0.497 e. The summed E-state index contributed by atoms with van der Waals surface area (Å²) in [7, 11) is -2.61. The van der Waals surface area contributed by atoms with Gasteiger partial charge in [-0.1, -0.05) is 29.8 Å². The summed E-state index contributed by atoms with van der Waals surface area (Å²) >= 11 is 0. The first-order valence-electron chi connectivity index (χ1n) is 13.8. The molecule has 1 N–H and O–H groups in total. The lowest BCUT2D eigenvalue weighted by Gasteiger charge is -2.33. The van der Waals surface area contributed by atoms with Gasteiger partial charge < -0.3 is 19.7 Å². The van der Waals surface area contributed by atoms with Crippen LogP contribution in [0, 0.1) is 6.92 Å². The van der Waals surface area contributed by atoms with E-state index in [1.54, 1.807) is 62.6 Å². The number of nitrogens with one attached hydrogen (secondary N) is 1. The minimum absolute atomic E-state index is 0.0135. The molecule has 0 aromatic heterocycles. The molecule has 10 heteroatoms. The number of rotatable bonds is 12. The van der Waals surface area contributed by atoms with E-state index in [4.69, 9.17) is 9.47 Å². The number of hydrogen-bond acceptors (Lipinski definition) is 6. The Hall–Kier alpha value is -4.05. The first-order valence-corrected chi connectivity index (χ1v) is 15.3. The van der Waals surface area contributed by atoms with E-state index in [1.165, 1.54) is 17.0 Å². The minimum Gasteiger partial charge on any atom is -0.497 e. The topological polar surface area (TPSA) is 105 Å². The summed E-state index contributed by atoms with van der Waals surface area (Å²) in [6, 6.07) is 19.3. The minimum atomic E-state index is -4.17. The summed E-state index contributed by atoms with van der Waals surface area (Å²) in [6.07, 6.45) is 0. The maximum Gasteiger partial charge on any atom is 0.264 e. The van der Waals surface area contributed by atoms with Crippen LogP contribution in [0.5, 0.6) is 11.5 Å². The van der Waals surface area contributed by atoms with Gasteiger partial charge >= 0.3 is 0 Å². The van der Waals surface area contributed by atoms with Crippen molar-refractivity contribution in [3.8, 4) is 11.5 Å². The van der Waals surface area contributed by atoms with Gasteiger partial charge in [0, 0.05) is 12.1 Å². The fourth-order valence-corrected chi connectivity index (χ4v) is 5.64. The SMILES string of the molecule is CCOc1ccc(S(=O)(=O)N(CC(=O)N(Cc2ccc(OC)cc2)[C@H](C)C(=O)NC(C)(C)C)c2ccc(C)cc2)cc1. The standard InChI is InChI=1S/C32H41N3O6S/c1-8-41-28-17-19-29(20-18-28)42(38,39)35(26-13-9-23(2)10-14-26)22-30(36)34(24(3)31(37)33-32(4,5)6)21-25-11-15-27(40-7)16-12-25/h9-20,24H,8,21-22H2,1-7H3,(H,33,37)/t24-/m1/s1. The average Bonchev–Trinajstić information content (AvgIpc) is 2.94. The van der Waals surface area contributed by atoms with Crippen LogP contribution in [-0.4, -0.2) is 57.0 Å². The molecule has 0 unspecified atom stereocenters. The molecule has 3 aromatic rings. The molecule has 42 heavy (non-hydrogen) atoms. The van der Waals surface area contributed by atoms with Crippen molar-refractivity contribution in [2.24, 2.45) is 0 Å². The lowest BCUT2D eigenvalue weighted by Crippen LogP contribution is -2.54. The summed E-state index contributed by atoms with van der Waals surface area (Å²) < 4.78 is 39.8. The highest BCUT2D eigenvalue weighted by Crippen LogP contribution is 2.26. The Balaban J connectivity index is 2.02. The average molecular weight is 596 g/mol. The van der Waals surface area contributed by atoms with Crippen LogP contribution in [0.25, 0.3) is 0 Å². The number of anilines is 1. The van der Waals surface area contributed by atoms with Gasteiger partial charge in [0.2, 0.25) is 11.8 Å². The van der Waals surface area contributed by atoms with E-state index in [2.05, 4.69) is 5.32 Å². The Bertz CT molecular complexity index is 1450. The molecule has 0 saturated heterocycles. The number of carbonyl (C=O) groups is 2. The summed E-state index contributed by atoms with van der Waals surface area (Å²) in [5, 5.41) is 2.92. The number of benzene rings is 3. The van der Waals surface area contributed by atoms with E-state index in [-0.39, 0.29) is 17.3 Å². The van der Waals surface area contributed by atoms with Crippen molar-refractivity contribution in [1.82, 2.24) is 10.2 Å². The molecule has 0 fully saturated rings. The van der Waals surface area contributed by atoms with Gasteiger partial charge in [-0.25, -0.2) is 8.42 Å². The van der Waals surface area contributed by atoms with Crippen LogP contribution in [0.2, 0.25) is 0 Å². The number of nitrogens with zero attached hydrogens (tertiary/aromatic N) is 2. The first kappa shape index (κ1) is 32.5. The zero-order chi connectivity index (χ0) is 31.1. The Morgan fingerprint density at radius 3 is 2.00 bits per heavy atom. The van der Waals surface area contributed by atoms with Crippen LogP contribution in [0.3, 0.4) is 0 Å². The number of methoxy groups -OCH3 is 1. The van der Waals surface area contributed by atoms with Gasteiger partial charge in [-0.3, -0.25) is 13.9 Å². The number of amides is 2. The number of ether oxygens (including phenoxy) is 2. The van der Waals surface area contributed by atoms with Gasteiger partial charge in [0.05, 0.1) is 24.3 Å². The van der Waals surface area contributed by atoms with Gasteiger partial charge in [0.1, 0.15) is 24.1 Å². The van der Waals surface area contributed by atoms with Crippen LogP contribution < -0.4 is 19.1 Å². The van der Waals surface area contributed by atoms with Crippen molar-refractivity contribution in [3.63, 3.8) is 0 Å². The normalized spacial score (nSPS) is 12.3. The number of sulfonamides is 1. The molecule has 0 aliphatic carbocycles. The van der Waals surface area contributed by atoms with Crippen molar-refractivity contribution >= 4 is 27.5 Å². The molecule has 1 atom stereocenters. The van der Waals surface area contributed by atoms with Crippen LogP contribution in [-0.2, 0) is 26.2 Å². The molecule has 0 aliphatic heterocycles. The third-order valence-corrected chi connectivity index (χ3v) is 8.29. The molecule has 9 nitrogen and oxygen atoms in total. The molecule has 0 saturated carbocycles. The molecule has 0 radical (unpaired) electrons. The Morgan fingerprint density at radius 2 is 1.48 bits per heavy atom. The Kier molecular flexibility index (Phi) is 10.6. The lowest BCUT2D eigenvalue weighted by molar-refractivity contribution is -0.140. The maximum atomic E-state index is 14.0. The molecular formula is C32H41N3O6S. The second kappa shape index (κ2) is 13.7. The molecule has 0 heterocycles. The van der Waals surface area contributed by atoms with Crippen molar-refractivity contribution in [2.75, 3.05) is 24.6 Å².